The first-order chi connectivity index (χ1) is 15.4. The van der Waals surface area contributed by atoms with Crippen molar-refractivity contribution in [2.75, 3.05) is 51.4 Å². The molecule has 0 spiro atoms. The van der Waals surface area contributed by atoms with E-state index in [9.17, 15) is 13.2 Å². The van der Waals surface area contributed by atoms with Crippen LogP contribution in [0.5, 0.6) is 0 Å². The number of hydrogen-bond donors (Lipinski definition) is 0. The van der Waals surface area contributed by atoms with Gasteiger partial charge in [-0.3, -0.25) is 0 Å². The van der Waals surface area contributed by atoms with Crippen LogP contribution in [0.15, 0.2) is 47.5 Å². The van der Waals surface area contributed by atoms with Crippen molar-refractivity contribution in [3.8, 4) is 0 Å². The molecule has 1 aromatic carbocycles. The lowest BCUT2D eigenvalue weighted by atomic mass is 10.1. The molecular formula is C22H27N3O6S. The fourth-order valence-corrected chi connectivity index (χ4v) is 5.59. The molecule has 0 saturated carbocycles. The lowest BCUT2D eigenvalue weighted by molar-refractivity contribution is -0.0177. The first-order valence-corrected chi connectivity index (χ1v) is 12.0. The Labute approximate surface area is 187 Å². The molecule has 172 valence electrons. The van der Waals surface area contributed by atoms with Gasteiger partial charge in [-0.25, -0.2) is 18.2 Å². The average molecular weight is 462 g/mol. The highest BCUT2D eigenvalue weighted by Crippen LogP contribution is 2.33. The van der Waals surface area contributed by atoms with Crippen LogP contribution < -0.4 is 4.90 Å². The van der Waals surface area contributed by atoms with E-state index in [0.717, 1.165) is 5.56 Å². The summed E-state index contributed by atoms with van der Waals surface area (Å²) in [6.07, 6.45) is 0.980. The molecule has 0 N–H and O–H groups in total. The third kappa shape index (κ3) is 4.63. The Morgan fingerprint density at radius 3 is 2.56 bits per heavy atom. The molecule has 0 amide bonds. The van der Waals surface area contributed by atoms with Crippen LogP contribution in [0, 0.1) is 0 Å². The monoisotopic (exact) mass is 461 g/mol. The van der Waals surface area contributed by atoms with Crippen LogP contribution >= 0.6 is 0 Å². The number of methoxy groups -OCH3 is 1. The number of aromatic nitrogens is 1. The van der Waals surface area contributed by atoms with Crippen molar-refractivity contribution in [1.29, 1.82) is 0 Å². The van der Waals surface area contributed by atoms with E-state index in [2.05, 4.69) is 4.98 Å². The zero-order valence-electron chi connectivity index (χ0n) is 18.1. The van der Waals surface area contributed by atoms with Gasteiger partial charge in [-0.1, -0.05) is 30.3 Å². The lowest BCUT2D eigenvalue weighted by Gasteiger charge is -2.38. The van der Waals surface area contributed by atoms with E-state index in [-0.39, 0.29) is 35.8 Å². The van der Waals surface area contributed by atoms with Gasteiger partial charge in [0.05, 0.1) is 32.0 Å². The number of nitrogens with zero attached hydrogens (tertiary/aromatic N) is 3. The molecule has 2 unspecified atom stereocenters. The van der Waals surface area contributed by atoms with Gasteiger partial charge in [0.1, 0.15) is 16.8 Å². The van der Waals surface area contributed by atoms with E-state index < -0.39 is 16.0 Å². The molecule has 2 aliphatic heterocycles. The quantitative estimate of drug-likeness (QED) is 0.623. The number of ether oxygens (including phenoxy) is 3. The highest BCUT2D eigenvalue weighted by Gasteiger charge is 2.35. The van der Waals surface area contributed by atoms with Gasteiger partial charge in [0.15, 0.2) is 0 Å². The Morgan fingerprint density at radius 2 is 1.88 bits per heavy atom. The Hall–Kier alpha value is -2.53. The Balaban J connectivity index is 1.74. The number of pyridine rings is 1. The van der Waals surface area contributed by atoms with E-state index in [1.807, 2.05) is 42.2 Å². The van der Waals surface area contributed by atoms with Crippen LogP contribution in [-0.2, 0) is 24.2 Å². The minimum atomic E-state index is -3.91. The van der Waals surface area contributed by atoms with Gasteiger partial charge in [0.2, 0.25) is 10.0 Å². The molecular weight excluding hydrogens is 434 g/mol. The van der Waals surface area contributed by atoms with Crippen molar-refractivity contribution >= 4 is 21.8 Å². The van der Waals surface area contributed by atoms with Gasteiger partial charge in [0.25, 0.3) is 0 Å². The van der Waals surface area contributed by atoms with E-state index in [4.69, 9.17) is 14.2 Å². The molecule has 0 bridgehead atoms. The molecule has 2 aromatic rings. The van der Waals surface area contributed by atoms with E-state index in [1.165, 1.54) is 23.7 Å². The minimum absolute atomic E-state index is 0.0109. The minimum Gasteiger partial charge on any atom is -0.465 e. The van der Waals surface area contributed by atoms with Crippen LogP contribution in [-0.4, -0.2) is 76.3 Å². The summed E-state index contributed by atoms with van der Waals surface area (Å²) in [4.78, 5) is 18.5. The molecule has 0 radical (unpaired) electrons. The number of carbonyl (C=O) groups excluding carboxylic acids is 1. The number of carbonyl (C=O) groups is 1. The second kappa shape index (κ2) is 9.53. The van der Waals surface area contributed by atoms with Crippen LogP contribution in [0.25, 0.3) is 0 Å². The second-order valence-corrected chi connectivity index (χ2v) is 9.71. The number of sulfonamides is 1. The fraction of sp³-hybridized carbons (Fsp3) is 0.455. The summed E-state index contributed by atoms with van der Waals surface area (Å²) in [7, 11) is -2.65. The van der Waals surface area contributed by atoms with Gasteiger partial charge < -0.3 is 19.1 Å². The van der Waals surface area contributed by atoms with Crippen molar-refractivity contribution < 1.29 is 27.4 Å². The number of rotatable bonds is 5. The number of esters is 1. The second-order valence-electron chi connectivity index (χ2n) is 7.80. The van der Waals surface area contributed by atoms with Crippen LogP contribution in [0.2, 0.25) is 0 Å². The summed E-state index contributed by atoms with van der Waals surface area (Å²) in [5.74, 6) is -0.333. The van der Waals surface area contributed by atoms with Gasteiger partial charge in [-0.05, 0) is 18.6 Å². The summed E-state index contributed by atoms with van der Waals surface area (Å²) in [5.41, 5.74) is 1.09. The van der Waals surface area contributed by atoms with Gasteiger partial charge in [-0.15, -0.1) is 0 Å². The summed E-state index contributed by atoms with van der Waals surface area (Å²) in [6.45, 7) is 3.99. The maximum Gasteiger partial charge on any atom is 0.339 e. The lowest BCUT2D eigenvalue weighted by Crippen LogP contribution is -2.45. The molecule has 2 saturated heterocycles. The molecule has 3 heterocycles. The Kier molecular flexibility index (Phi) is 6.75. The molecule has 2 aliphatic rings. The first kappa shape index (κ1) is 22.7. The summed E-state index contributed by atoms with van der Waals surface area (Å²) in [5, 5.41) is 0. The topological polar surface area (TPSA) is 98.3 Å². The molecule has 2 atom stereocenters. The third-order valence-corrected chi connectivity index (χ3v) is 7.47. The zero-order chi connectivity index (χ0) is 22.7. The van der Waals surface area contributed by atoms with E-state index >= 15 is 0 Å². The summed E-state index contributed by atoms with van der Waals surface area (Å²) < 4.78 is 44.7. The SMILES string of the molecule is COC(=O)c1cnc(N2CC(C)OC(c3ccccc3)C2)c(S(=O)(=O)N2CCOCC2)c1. The molecule has 2 fully saturated rings. The Bertz CT molecular complexity index is 1060. The van der Waals surface area contributed by atoms with Crippen LogP contribution in [0.4, 0.5) is 5.82 Å². The predicted molar refractivity (Wildman–Crippen MR) is 117 cm³/mol. The van der Waals surface area contributed by atoms with Crippen molar-refractivity contribution in [2.45, 2.75) is 24.0 Å². The van der Waals surface area contributed by atoms with Crippen molar-refractivity contribution in [3.05, 3.63) is 53.7 Å². The molecule has 0 aliphatic carbocycles. The van der Waals surface area contributed by atoms with Gasteiger partial charge in [-0.2, -0.15) is 4.31 Å². The van der Waals surface area contributed by atoms with Gasteiger partial charge in [0, 0.05) is 32.4 Å². The molecule has 32 heavy (non-hydrogen) atoms. The zero-order valence-corrected chi connectivity index (χ0v) is 19.0. The van der Waals surface area contributed by atoms with E-state index in [1.54, 1.807) is 0 Å². The van der Waals surface area contributed by atoms with Crippen molar-refractivity contribution in [2.24, 2.45) is 0 Å². The van der Waals surface area contributed by atoms with Crippen molar-refractivity contribution in [1.82, 2.24) is 9.29 Å². The van der Waals surface area contributed by atoms with Crippen molar-refractivity contribution in [3.63, 3.8) is 0 Å². The highest BCUT2D eigenvalue weighted by molar-refractivity contribution is 7.89. The molecule has 1 aromatic heterocycles. The van der Waals surface area contributed by atoms with Crippen LogP contribution in [0.3, 0.4) is 0 Å². The molecule has 10 heteroatoms. The first-order valence-electron chi connectivity index (χ1n) is 10.5. The van der Waals surface area contributed by atoms with Crippen LogP contribution in [0.1, 0.15) is 28.9 Å². The fourth-order valence-electron chi connectivity index (χ4n) is 4.00. The number of benzene rings is 1. The predicted octanol–water partition coefficient (Wildman–Crippen LogP) is 1.86. The standard InChI is InChI=1S/C22H27N3O6S/c1-16-14-24(15-19(31-16)17-6-4-3-5-7-17)21-20(12-18(13-23-21)22(26)29-2)32(27,28)25-8-10-30-11-9-25/h3-7,12-13,16,19H,8-11,14-15H2,1-2H3. The average Bonchev–Trinajstić information content (AvgIpc) is 2.84. The summed E-state index contributed by atoms with van der Waals surface area (Å²) in [6, 6.07) is 11.2. The maximum atomic E-state index is 13.6. The molecule has 9 nitrogen and oxygen atoms in total. The smallest absolute Gasteiger partial charge is 0.339 e. The normalized spacial score (nSPS) is 22.5. The number of hydrogen-bond acceptors (Lipinski definition) is 8. The van der Waals surface area contributed by atoms with E-state index in [0.29, 0.717) is 32.1 Å². The molecule has 4 rings (SSSR count). The largest absolute Gasteiger partial charge is 0.465 e. The Morgan fingerprint density at radius 1 is 1.16 bits per heavy atom. The number of morpholine rings is 2. The van der Waals surface area contributed by atoms with Gasteiger partial charge >= 0.3 is 5.97 Å². The highest BCUT2D eigenvalue weighted by atomic mass is 32.2. The number of anilines is 1. The maximum absolute atomic E-state index is 13.6. The third-order valence-electron chi connectivity index (χ3n) is 5.57. The summed E-state index contributed by atoms with van der Waals surface area (Å²) >= 11 is 0.